The van der Waals surface area contributed by atoms with E-state index in [9.17, 15) is 4.79 Å². The minimum Gasteiger partial charge on any atom is -0.373 e. The summed E-state index contributed by atoms with van der Waals surface area (Å²) in [6.45, 7) is 12.4. The molecule has 0 N–H and O–H groups in total. The quantitative estimate of drug-likeness (QED) is 0.794. The van der Waals surface area contributed by atoms with E-state index in [0.29, 0.717) is 6.54 Å². The van der Waals surface area contributed by atoms with Crippen molar-refractivity contribution in [2.45, 2.75) is 46.8 Å². The van der Waals surface area contributed by atoms with Crippen LogP contribution in [-0.2, 0) is 4.74 Å². The second-order valence-corrected chi connectivity index (χ2v) is 6.13. The molecule has 0 radical (unpaired) electrons. The molecule has 1 saturated heterocycles. The van der Waals surface area contributed by atoms with E-state index in [1.54, 1.807) is 0 Å². The van der Waals surface area contributed by atoms with Crippen molar-refractivity contribution < 1.29 is 9.53 Å². The van der Waals surface area contributed by atoms with Gasteiger partial charge in [0.1, 0.15) is 0 Å². The zero-order valence-corrected chi connectivity index (χ0v) is 13.2. The second-order valence-electron chi connectivity index (χ2n) is 6.13. The van der Waals surface area contributed by atoms with Crippen molar-refractivity contribution in [3.63, 3.8) is 0 Å². The molecule has 110 valence electrons. The largest absolute Gasteiger partial charge is 0.373 e. The van der Waals surface area contributed by atoms with Crippen molar-refractivity contribution in [3.05, 3.63) is 34.4 Å². The summed E-state index contributed by atoms with van der Waals surface area (Å²) in [4.78, 5) is 14.7. The lowest BCUT2D eigenvalue weighted by Crippen LogP contribution is -2.47. The van der Waals surface area contributed by atoms with E-state index in [-0.39, 0.29) is 18.0 Å². The van der Waals surface area contributed by atoms with Crippen molar-refractivity contribution in [1.29, 1.82) is 0 Å². The zero-order chi connectivity index (χ0) is 14.9. The lowest BCUT2D eigenvalue weighted by Gasteiger charge is -2.34. The lowest BCUT2D eigenvalue weighted by atomic mass is 9.97. The van der Waals surface area contributed by atoms with Crippen LogP contribution < -0.4 is 0 Å². The third-order valence-corrected chi connectivity index (χ3v) is 4.00. The number of aryl methyl sites for hydroxylation is 3. The van der Waals surface area contributed by atoms with Crippen molar-refractivity contribution in [3.8, 4) is 0 Å². The van der Waals surface area contributed by atoms with Crippen LogP contribution in [-0.4, -0.2) is 42.5 Å². The fourth-order valence-corrected chi connectivity index (χ4v) is 2.96. The number of rotatable bonds is 3. The molecule has 0 bridgehead atoms. The molecule has 0 aromatic heterocycles. The molecule has 1 fully saturated rings. The Balaban J connectivity index is 2.10. The molecular weight excluding hydrogens is 250 g/mol. The summed E-state index contributed by atoms with van der Waals surface area (Å²) in [5.74, 6) is 0.215. The summed E-state index contributed by atoms with van der Waals surface area (Å²) in [6, 6.07) is 4.13. The summed E-state index contributed by atoms with van der Waals surface area (Å²) >= 11 is 0. The van der Waals surface area contributed by atoms with Gasteiger partial charge in [-0.1, -0.05) is 6.07 Å². The van der Waals surface area contributed by atoms with E-state index < -0.39 is 0 Å². The first-order valence-electron chi connectivity index (χ1n) is 7.35. The number of morpholine rings is 1. The molecule has 0 unspecified atom stereocenters. The number of hydrogen-bond donors (Lipinski definition) is 0. The first-order valence-corrected chi connectivity index (χ1v) is 7.35. The number of hydrogen-bond acceptors (Lipinski definition) is 3. The summed E-state index contributed by atoms with van der Waals surface area (Å²) in [6.07, 6.45) is 0.403. The molecule has 3 heteroatoms. The average molecular weight is 275 g/mol. The Bertz CT molecular complexity index is 500. The third kappa shape index (κ3) is 3.47. The second kappa shape index (κ2) is 6.06. The standard InChI is InChI=1S/C17H25NO2/c1-11-6-13(3)16(7-12(11)2)17(19)10-18-8-14(4)20-15(5)9-18/h6-7,14-15H,8-10H2,1-5H3/t14-,15+. The Hall–Kier alpha value is -1.19. The van der Waals surface area contributed by atoms with Gasteiger partial charge in [0.2, 0.25) is 0 Å². The number of Topliss-reactive ketones (excluding diaryl/α,β-unsaturated/α-hetero) is 1. The van der Waals surface area contributed by atoms with Crippen LogP contribution in [0.2, 0.25) is 0 Å². The topological polar surface area (TPSA) is 29.5 Å². The fraction of sp³-hybridized carbons (Fsp3) is 0.588. The van der Waals surface area contributed by atoms with Crippen LogP contribution >= 0.6 is 0 Å². The molecule has 20 heavy (non-hydrogen) atoms. The Kier molecular flexibility index (Phi) is 4.61. The molecule has 1 heterocycles. The van der Waals surface area contributed by atoms with Gasteiger partial charge >= 0.3 is 0 Å². The Morgan fingerprint density at radius 1 is 1.10 bits per heavy atom. The number of ether oxygens (including phenoxy) is 1. The molecular formula is C17H25NO2. The molecule has 0 amide bonds. The summed E-state index contributed by atoms with van der Waals surface area (Å²) in [7, 11) is 0. The van der Waals surface area contributed by atoms with Gasteiger partial charge in [0.25, 0.3) is 0 Å². The first-order chi connectivity index (χ1) is 9.36. The van der Waals surface area contributed by atoms with Crippen molar-refractivity contribution >= 4 is 5.78 Å². The minimum atomic E-state index is 0.201. The van der Waals surface area contributed by atoms with Gasteiger partial charge < -0.3 is 4.74 Å². The van der Waals surface area contributed by atoms with E-state index in [2.05, 4.69) is 38.7 Å². The molecule has 0 aliphatic carbocycles. The van der Waals surface area contributed by atoms with Crippen molar-refractivity contribution in [2.24, 2.45) is 0 Å². The van der Waals surface area contributed by atoms with E-state index in [0.717, 1.165) is 24.2 Å². The van der Waals surface area contributed by atoms with Crippen LogP contribution in [0.25, 0.3) is 0 Å². The van der Waals surface area contributed by atoms with Gasteiger partial charge in [-0.2, -0.15) is 0 Å². The van der Waals surface area contributed by atoms with Crippen LogP contribution in [0.3, 0.4) is 0 Å². The number of ketones is 1. The van der Waals surface area contributed by atoms with E-state index in [1.165, 1.54) is 11.1 Å². The zero-order valence-electron chi connectivity index (χ0n) is 13.2. The van der Waals surface area contributed by atoms with Gasteiger partial charge in [-0.15, -0.1) is 0 Å². The fourth-order valence-electron chi connectivity index (χ4n) is 2.96. The number of benzene rings is 1. The van der Waals surface area contributed by atoms with Crippen LogP contribution in [0, 0.1) is 20.8 Å². The molecule has 1 aromatic rings. The smallest absolute Gasteiger partial charge is 0.177 e. The lowest BCUT2D eigenvalue weighted by molar-refractivity contribution is -0.0652. The van der Waals surface area contributed by atoms with Crippen LogP contribution in [0.15, 0.2) is 12.1 Å². The molecule has 0 saturated carbocycles. The minimum absolute atomic E-state index is 0.201. The van der Waals surface area contributed by atoms with Gasteiger partial charge in [0, 0.05) is 18.7 Å². The molecule has 3 nitrogen and oxygen atoms in total. The number of carbonyl (C=O) groups excluding carboxylic acids is 1. The highest BCUT2D eigenvalue weighted by atomic mass is 16.5. The molecule has 1 aliphatic rings. The predicted molar refractivity (Wildman–Crippen MR) is 81.4 cm³/mol. The van der Waals surface area contributed by atoms with Gasteiger partial charge in [-0.05, 0) is 57.4 Å². The predicted octanol–water partition coefficient (Wildman–Crippen LogP) is 2.90. The van der Waals surface area contributed by atoms with Gasteiger partial charge in [0.15, 0.2) is 5.78 Å². The van der Waals surface area contributed by atoms with E-state index >= 15 is 0 Å². The monoisotopic (exact) mass is 275 g/mol. The highest BCUT2D eigenvalue weighted by Crippen LogP contribution is 2.17. The van der Waals surface area contributed by atoms with Crippen LogP contribution in [0.5, 0.6) is 0 Å². The van der Waals surface area contributed by atoms with Gasteiger partial charge in [0.05, 0.1) is 18.8 Å². The Morgan fingerprint density at radius 3 is 2.25 bits per heavy atom. The van der Waals surface area contributed by atoms with Crippen molar-refractivity contribution in [1.82, 2.24) is 4.90 Å². The average Bonchev–Trinajstić information content (AvgIpc) is 2.32. The maximum Gasteiger partial charge on any atom is 0.177 e. The number of carbonyl (C=O) groups is 1. The third-order valence-electron chi connectivity index (χ3n) is 4.00. The Morgan fingerprint density at radius 2 is 1.65 bits per heavy atom. The van der Waals surface area contributed by atoms with Crippen molar-refractivity contribution in [2.75, 3.05) is 19.6 Å². The highest BCUT2D eigenvalue weighted by molar-refractivity contribution is 5.99. The Labute approximate surface area is 121 Å². The highest BCUT2D eigenvalue weighted by Gasteiger charge is 2.24. The molecule has 2 atom stereocenters. The summed E-state index contributed by atoms with van der Waals surface area (Å²) in [5, 5.41) is 0. The summed E-state index contributed by atoms with van der Waals surface area (Å²) in [5.41, 5.74) is 4.36. The van der Waals surface area contributed by atoms with E-state index in [4.69, 9.17) is 4.74 Å². The van der Waals surface area contributed by atoms with Crippen LogP contribution in [0.4, 0.5) is 0 Å². The first kappa shape index (κ1) is 15.2. The molecule has 1 aliphatic heterocycles. The number of nitrogens with zero attached hydrogens (tertiary/aromatic N) is 1. The molecule has 1 aromatic carbocycles. The van der Waals surface area contributed by atoms with E-state index in [1.807, 2.05) is 13.0 Å². The maximum atomic E-state index is 12.5. The molecule has 0 spiro atoms. The maximum absolute atomic E-state index is 12.5. The molecule has 2 rings (SSSR count). The normalized spacial score (nSPS) is 23.9. The summed E-state index contributed by atoms with van der Waals surface area (Å²) < 4.78 is 5.71. The van der Waals surface area contributed by atoms with Crippen LogP contribution in [0.1, 0.15) is 40.9 Å². The van der Waals surface area contributed by atoms with Gasteiger partial charge in [-0.25, -0.2) is 0 Å². The van der Waals surface area contributed by atoms with Gasteiger partial charge in [-0.3, -0.25) is 9.69 Å². The SMILES string of the molecule is Cc1cc(C)c(C(=O)CN2C[C@@H](C)O[C@@H](C)C2)cc1C.